The van der Waals surface area contributed by atoms with Gasteiger partial charge in [0.05, 0.1) is 46.1 Å². The first kappa shape index (κ1) is 26.6. The van der Waals surface area contributed by atoms with E-state index in [-0.39, 0.29) is 22.1 Å². The second kappa shape index (κ2) is 11.2. The maximum absolute atomic E-state index is 14.8. The van der Waals surface area contributed by atoms with Crippen LogP contribution in [0.1, 0.15) is 11.1 Å². The summed E-state index contributed by atoms with van der Waals surface area (Å²) in [4.78, 5) is -0.373. The highest BCUT2D eigenvalue weighted by Gasteiger charge is 2.21. The largest absolute Gasteiger partial charge is 0.494 e. The molecule has 3 rings (SSSR count). The Bertz CT molecular complexity index is 1370. The zero-order valence-electron chi connectivity index (χ0n) is 20.2. The Balaban J connectivity index is 1.99. The van der Waals surface area contributed by atoms with Crippen molar-refractivity contribution in [2.24, 2.45) is 0 Å². The van der Waals surface area contributed by atoms with Crippen LogP contribution in [0.2, 0.25) is 0 Å². The van der Waals surface area contributed by atoms with Crippen LogP contribution in [0.5, 0.6) is 28.7 Å². The Morgan fingerprint density at radius 1 is 0.667 bits per heavy atom. The molecule has 3 aromatic rings. The van der Waals surface area contributed by atoms with Crippen molar-refractivity contribution in [3.05, 3.63) is 65.2 Å². The number of hydrogen-bond acceptors (Lipinski definition) is 7. The van der Waals surface area contributed by atoms with Crippen molar-refractivity contribution in [2.45, 2.75) is 4.90 Å². The van der Waals surface area contributed by atoms with Crippen LogP contribution in [0.25, 0.3) is 12.2 Å². The highest BCUT2D eigenvalue weighted by atomic mass is 32.2. The summed E-state index contributed by atoms with van der Waals surface area (Å²) in [6.07, 6.45) is 3.22. The van der Waals surface area contributed by atoms with Crippen molar-refractivity contribution in [2.75, 3.05) is 40.3 Å². The quantitative estimate of drug-likeness (QED) is 0.376. The average Bonchev–Trinajstić information content (AvgIpc) is 2.86. The molecule has 11 heteroatoms. The van der Waals surface area contributed by atoms with Gasteiger partial charge in [0.15, 0.2) is 34.6 Å². The van der Waals surface area contributed by atoms with Gasteiger partial charge in [0.1, 0.15) is 0 Å². The third-order valence-corrected chi connectivity index (χ3v) is 6.47. The maximum atomic E-state index is 14.8. The van der Waals surface area contributed by atoms with Gasteiger partial charge in [0.25, 0.3) is 10.0 Å². The van der Waals surface area contributed by atoms with Gasteiger partial charge in [0.2, 0.25) is 5.75 Å². The third kappa shape index (κ3) is 5.62. The first-order chi connectivity index (χ1) is 17.2. The van der Waals surface area contributed by atoms with Gasteiger partial charge in [-0.3, -0.25) is 4.72 Å². The van der Waals surface area contributed by atoms with Gasteiger partial charge in [-0.2, -0.15) is 0 Å². The van der Waals surface area contributed by atoms with Crippen LogP contribution in [0.3, 0.4) is 0 Å². The summed E-state index contributed by atoms with van der Waals surface area (Å²) < 4.78 is 82.7. The highest BCUT2D eigenvalue weighted by molar-refractivity contribution is 7.92. The normalized spacial score (nSPS) is 11.3. The minimum absolute atomic E-state index is 0.114. The Hall–Kier alpha value is -3.99. The monoisotopic (exact) mass is 521 g/mol. The van der Waals surface area contributed by atoms with Crippen molar-refractivity contribution >= 4 is 27.9 Å². The topological polar surface area (TPSA) is 92.3 Å². The molecule has 0 spiro atoms. The highest BCUT2D eigenvalue weighted by Crippen LogP contribution is 2.39. The summed E-state index contributed by atoms with van der Waals surface area (Å²) >= 11 is 0. The molecule has 0 amide bonds. The number of ether oxygens (including phenoxy) is 5. The van der Waals surface area contributed by atoms with E-state index in [2.05, 4.69) is 4.72 Å². The number of hydrogen-bond donors (Lipinski definition) is 1. The van der Waals surface area contributed by atoms with Crippen molar-refractivity contribution < 1.29 is 40.9 Å². The fourth-order valence-electron chi connectivity index (χ4n) is 3.40. The molecule has 8 nitrogen and oxygen atoms in total. The van der Waals surface area contributed by atoms with Crippen LogP contribution in [-0.2, 0) is 10.0 Å². The minimum atomic E-state index is -4.28. The summed E-state index contributed by atoms with van der Waals surface area (Å²) in [6, 6.07) is 9.10. The van der Waals surface area contributed by atoms with Crippen molar-refractivity contribution in [3.8, 4) is 28.7 Å². The van der Waals surface area contributed by atoms with Crippen LogP contribution >= 0.6 is 0 Å². The van der Waals surface area contributed by atoms with Crippen molar-refractivity contribution in [3.63, 3.8) is 0 Å². The second-order valence-electron chi connectivity index (χ2n) is 7.28. The SMILES string of the molecule is COc1ccc(S(=O)(=O)Nc2cc(/C=C\c3cc(OC)c(OC)c(OC)c3)cc(F)c2OC)cc1F. The number of rotatable bonds is 10. The predicted octanol–water partition coefficient (Wildman–Crippen LogP) is 4.98. The molecule has 0 aromatic heterocycles. The molecule has 0 heterocycles. The third-order valence-electron chi connectivity index (χ3n) is 5.10. The zero-order valence-corrected chi connectivity index (χ0v) is 21.0. The van der Waals surface area contributed by atoms with E-state index in [0.717, 1.165) is 6.07 Å². The van der Waals surface area contributed by atoms with E-state index < -0.39 is 21.7 Å². The lowest BCUT2D eigenvalue weighted by Crippen LogP contribution is -2.14. The van der Waals surface area contributed by atoms with Gasteiger partial charge in [-0.1, -0.05) is 12.2 Å². The van der Waals surface area contributed by atoms with E-state index in [1.54, 1.807) is 24.3 Å². The van der Waals surface area contributed by atoms with E-state index in [9.17, 15) is 17.2 Å². The van der Waals surface area contributed by atoms with Crippen LogP contribution < -0.4 is 28.4 Å². The van der Waals surface area contributed by atoms with Crippen molar-refractivity contribution in [1.29, 1.82) is 0 Å². The van der Waals surface area contributed by atoms with E-state index in [1.807, 2.05) is 0 Å². The first-order valence-corrected chi connectivity index (χ1v) is 11.9. The lowest BCUT2D eigenvalue weighted by molar-refractivity contribution is 0.324. The summed E-state index contributed by atoms with van der Waals surface area (Å²) in [6.45, 7) is 0. The Kier molecular flexibility index (Phi) is 8.25. The summed E-state index contributed by atoms with van der Waals surface area (Å²) in [7, 11) is 2.63. The number of halogens is 2. The van der Waals surface area contributed by atoms with Gasteiger partial charge in [-0.15, -0.1) is 0 Å². The van der Waals surface area contributed by atoms with Gasteiger partial charge in [-0.05, 0) is 53.6 Å². The van der Waals surface area contributed by atoms with Crippen LogP contribution in [-0.4, -0.2) is 44.0 Å². The van der Waals surface area contributed by atoms with E-state index in [1.165, 1.54) is 59.8 Å². The molecule has 0 atom stereocenters. The smallest absolute Gasteiger partial charge is 0.262 e. The number of methoxy groups -OCH3 is 5. The molecule has 3 aromatic carbocycles. The summed E-state index contributed by atoms with van der Waals surface area (Å²) in [5, 5.41) is 0. The summed E-state index contributed by atoms with van der Waals surface area (Å²) in [5.74, 6) is -0.827. The molecule has 0 radical (unpaired) electrons. The molecule has 0 saturated carbocycles. The lowest BCUT2D eigenvalue weighted by atomic mass is 10.1. The van der Waals surface area contributed by atoms with Crippen LogP contribution in [0.15, 0.2) is 47.4 Å². The molecular formula is C25H25F2NO7S. The Labute approximate surface area is 208 Å². The average molecular weight is 522 g/mol. The molecule has 192 valence electrons. The molecule has 0 aliphatic rings. The zero-order chi connectivity index (χ0) is 26.5. The molecule has 1 N–H and O–H groups in total. The van der Waals surface area contributed by atoms with Gasteiger partial charge in [0, 0.05) is 0 Å². The van der Waals surface area contributed by atoms with Crippen LogP contribution in [0.4, 0.5) is 14.5 Å². The number of nitrogens with one attached hydrogen (secondary N) is 1. The molecule has 0 aliphatic carbocycles. The van der Waals surface area contributed by atoms with E-state index >= 15 is 0 Å². The second-order valence-corrected chi connectivity index (χ2v) is 8.96. The Morgan fingerprint density at radius 3 is 1.72 bits per heavy atom. The molecule has 36 heavy (non-hydrogen) atoms. The minimum Gasteiger partial charge on any atom is -0.494 e. The van der Waals surface area contributed by atoms with E-state index in [4.69, 9.17) is 23.7 Å². The number of anilines is 1. The molecule has 0 unspecified atom stereocenters. The molecule has 0 aliphatic heterocycles. The summed E-state index contributed by atoms with van der Waals surface area (Å²) in [5.41, 5.74) is 0.801. The standard InChI is InChI=1S/C25H25F2NO7S/c1-31-21-9-8-17(14-18(21)26)36(29,30)28-20-11-15(10-19(27)24(20)34-4)6-7-16-12-22(32-2)25(35-5)23(13-16)33-3/h6-14,28H,1-5H3/b7-6-. The maximum Gasteiger partial charge on any atom is 0.262 e. The molecule has 0 bridgehead atoms. The van der Waals surface area contributed by atoms with Gasteiger partial charge in [-0.25, -0.2) is 17.2 Å². The number of benzene rings is 3. The first-order valence-electron chi connectivity index (χ1n) is 10.4. The predicted molar refractivity (Wildman–Crippen MR) is 132 cm³/mol. The Morgan fingerprint density at radius 2 is 1.22 bits per heavy atom. The van der Waals surface area contributed by atoms with Crippen molar-refractivity contribution in [1.82, 2.24) is 0 Å². The van der Waals surface area contributed by atoms with Crippen LogP contribution in [0, 0.1) is 11.6 Å². The van der Waals surface area contributed by atoms with E-state index in [0.29, 0.717) is 28.4 Å². The number of sulfonamides is 1. The molecule has 0 fully saturated rings. The van der Waals surface area contributed by atoms with Gasteiger partial charge >= 0.3 is 0 Å². The fourth-order valence-corrected chi connectivity index (χ4v) is 4.47. The molecular weight excluding hydrogens is 496 g/mol. The van der Waals surface area contributed by atoms with Gasteiger partial charge < -0.3 is 23.7 Å². The molecule has 0 saturated heterocycles. The fraction of sp³-hybridized carbons (Fsp3) is 0.200. The lowest BCUT2D eigenvalue weighted by Gasteiger charge is -2.14.